The van der Waals surface area contributed by atoms with Crippen LogP contribution in [-0.4, -0.2) is 5.91 Å². The Morgan fingerprint density at radius 3 is 3.00 bits per heavy atom. The zero-order chi connectivity index (χ0) is 8.97. The molecule has 62 valence electrons. The average molecular weight is 161 g/mol. The molecule has 0 spiro atoms. The van der Waals surface area contributed by atoms with Crippen LogP contribution in [-0.2, 0) is 4.79 Å². The van der Waals surface area contributed by atoms with E-state index in [1.165, 1.54) is 6.20 Å². The van der Waals surface area contributed by atoms with E-state index < -0.39 is 0 Å². The summed E-state index contributed by atoms with van der Waals surface area (Å²) in [6, 6.07) is 0. The molecular formula is C10H11NO. The smallest absolute Gasteiger partial charge is 0.251 e. The maximum absolute atomic E-state index is 11.2. The summed E-state index contributed by atoms with van der Waals surface area (Å²) in [5.74, 6) is -0.0654. The normalized spacial score (nSPS) is 17.0. The van der Waals surface area contributed by atoms with Gasteiger partial charge in [-0.1, -0.05) is 12.2 Å². The summed E-state index contributed by atoms with van der Waals surface area (Å²) >= 11 is 0. The number of carbonyl (C=O) groups is 1. The summed E-state index contributed by atoms with van der Waals surface area (Å²) in [6.07, 6.45) is 7.09. The van der Waals surface area contributed by atoms with Crippen LogP contribution < -0.4 is 5.32 Å². The number of hydrogen-bond acceptors (Lipinski definition) is 1. The molecule has 0 radical (unpaired) electrons. The van der Waals surface area contributed by atoms with E-state index in [1.54, 1.807) is 13.0 Å². The van der Waals surface area contributed by atoms with Crippen LogP contribution in [0.1, 0.15) is 13.8 Å². The van der Waals surface area contributed by atoms with Gasteiger partial charge in [-0.05, 0) is 25.5 Å². The van der Waals surface area contributed by atoms with Crippen LogP contribution in [0.25, 0.3) is 0 Å². The zero-order valence-electron chi connectivity index (χ0n) is 7.22. The van der Waals surface area contributed by atoms with E-state index in [1.807, 2.05) is 19.1 Å². The molecule has 0 aromatic heterocycles. The Morgan fingerprint density at radius 2 is 2.33 bits per heavy atom. The van der Waals surface area contributed by atoms with Crippen molar-refractivity contribution in [1.29, 1.82) is 0 Å². The van der Waals surface area contributed by atoms with Crippen molar-refractivity contribution in [2.45, 2.75) is 13.8 Å². The Labute approximate surface area is 72.0 Å². The minimum Gasteiger partial charge on any atom is -0.322 e. The molecule has 1 aliphatic heterocycles. The standard InChI is InChI=1S/C10H11NO/c1-3-5-9-6-4-7-11-10(12)8(9)2/h3,5-7H,1-2H3,(H,11,12)/b5-3+. The van der Waals surface area contributed by atoms with Gasteiger partial charge < -0.3 is 5.32 Å². The molecule has 1 rings (SSSR count). The predicted octanol–water partition coefficient (Wildman–Crippen LogP) is 1.68. The highest BCUT2D eigenvalue weighted by atomic mass is 16.1. The van der Waals surface area contributed by atoms with Crippen LogP contribution in [0.2, 0.25) is 0 Å². The minimum absolute atomic E-state index is 0.0654. The monoisotopic (exact) mass is 161 g/mol. The first-order chi connectivity index (χ1) is 5.75. The van der Waals surface area contributed by atoms with Crippen LogP contribution in [0, 0.1) is 0 Å². The fourth-order valence-electron chi connectivity index (χ4n) is 0.939. The quantitative estimate of drug-likeness (QED) is 0.582. The van der Waals surface area contributed by atoms with Crippen LogP contribution >= 0.6 is 0 Å². The molecule has 0 saturated carbocycles. The molecule has 0 bridgehead atoms. The SMILES string of the molecule is C/C=C/C1=C(C)C(=O)NC=C=C1. The van der Waals surface area contributed by atoms with Gasteiger partial charge in [0.2, 0.25) is 0 Å². The molecular weight excluding hydrogens is 150 g/mol. The van der Waals surface area contributed by atoms with E-state index in [4.69, 9.17) is 0 Å². The Kier molecular flexibility index (Phi) is 2.67. The van der Waals surface area contributed by atoms with Gasteiger partial charge in [-0.3, -0.25) is 4.79 Å². The molecule has 0 saturated heterocycles. The van der Waals surface area contributed by atoms with Gasteiger partial charge in [0.1, 0.15) is 0 Å². The molecule has 1 aliphatic rings. The van der Waals surface area contributed by atoms with Crippen LogP contribution in [0.15, 0.2) is 41.3 Å². The van der Waals surface area contributed by atoms with Crippen LogP contribution in [0.3, 0.4) is 0 Å². The zero-order valence-corrected chi connectivity index (χ0v) is 7.22. The summed E-state index contributed by atoms with van der Waals surface area (Å²) in [5.41, 5.74) is 4.48. The minimum atomic E-state index is -0.0654. The van der Waals surface area contributed by atoms with E-state index in [9.17, 15) is 4.79 Å². The van der Waals surface area contributed by atoms with Crippen molar-refractivity contribution in [2.24, 2.45) is 0 Å². The first-order valence-corrected chi connectivity index (χ1v) is 3.81. The fraction of sp³-hybridized carbons (Fsp3) is 0.200. The summed E-state index contributed by atoms with van der Waals surface area (Å²) in [5, 5.41) is 2.58. The highest BCUT2D eigenvalue weighted by Gasteiger charge is 2.06. The summed E-state index contributed by atoms with van der Waals surface area (Å²) in [6.45, 7) is 3.71. The third-order valence-corrected chi connectivity index (χ3v) is 1.65. The predicted molar refractivity (Wildman–Crippen MR) is 48.3 cm³/mol. The lowest BCUT2D eigenvalue weighted by molar-refractivity contribution is -0.116. The highest BCUT2D eigenvalue weighted by Crippen LogP contribution is 2.09. The third-order valence-electron chi connectivity index (χ3n) is 1.65. The van der Waals surface area contributed by atoms with Crippen molar-refractivity contribution in [2.75, 3.05) is 0 Å². The number of hydrogen-bond donors (Lipinski definition) is 1. The Morgan fingerprint density at radius 1 is 1.58 bits per heavy atom. The number of amides is 1. The maximum atomic E-state index is 11.2. The number of rotatable bonds is 1. The second-order valence-electron chi connectivity index (χ2n) is 2.51. The van der Waals surface area contributed by atoms with Gasteiger partial charge in [0, 0.05) is 11.8 Å². The lowest BCUT2D eigenvalue weighted by Gasteiger charge is -1.99. The van der Waals surface area contributed by atoms with Crippen LogP contribution in [0.4, 0.5) is 0 Å². The van der Waals surface area contributed by atoms with E-state index in [0.717, 1.165) is 5.57 Å². The lowest BCUT2D eigenvalue weighted by atomic mass is 10.1. The van der Waals surface area contributed by atoms with Crippen molar-refractivity contribution in [1.82, 2.24) is 5.32 Å². The third kappa shape index (κ3) is 1.74. The maximum Gasteiger partial charge on any atom is 0.251 e. The molecule has 2 nitrogen and oxygen atoms in total. The molecule has 1 amide bonds. The molecule has 1 N–H and O–H groups in total. The molecule has 0 fully saturated rings. The number of allylic oxidation sites excluding steroid dienone is 4. The van der Waals surface area contributed by atoms with E-state index >= 15 is 0 Å². The van der Waals surface area contributed by atoms with E-state index in [0.29, 0.717) is 5.57 Å². The first kappa shape index (κ1) is 8.57. The summed E-state index contributed by atoms with van der Waals surface area (Å²) in [7, 11) is 0. The van der Waals surface area contributed by atoms with Crippen molar-refractivity contribution < 1.29 is 4.79 Å². The Hall–Kier alpha value is -1.53. The lowest BCUT2D eigenvalue weighted by Crippen LogP contribution is -2.17. The molecule has 0 aromatic rings. The van der Waals surface area contributed by atoms with Crippen LogP contribution in [0.5, 0.6) is 0 Å². The van der Waals surface area contributed by atoms with Gasteiger partial charge in [-0.2, -0.15) is 0 Å². The second kappa shape index (κ2) is 3.74. The topological polar surface area (TPSA) is 29.1 Å². The molecule has 2 heteroatoms. The van der Waals surface area contributed by atoms with Gasteiger partial charge in [0.25, 0.3) is 5.91 Å². The molecule has 1 heterocycles. The Balaban J connectivity index is 3.13. The highest BCUT2D eigenvalue weighted by molar-refractivity contribution is 5.95. The van der Waals surface area contributed by atoms with E-state index in [-0.39, 0.29) is 5.91 Å². The van der Waals surface area contributed by atoms with Gasteiger partial charge in [-0.25, -0.2) is 0 Å². The largest absolute Gasteiger partial charge is 0.322 e. The van der Waals surface area contributed by atoms with E-state index in [2.05, 4.69) is 11.0 Å². The first-order valence-electron chi connectivity index (χ1n) is 3.81. The number of nitrogens with one attached hydrogen (secondary N) is 1. The van der Waals surface area contributed by atoms with Crippen molar-refractivity contribution >= 4 is 5.91 Å². The summed E-state index contributed by atoms with van der Waals surface area (Å²) < 4.78 is 0. The molecule has 0 unspecified atom stereocenters. The Bertz CT molecular complexity index is 315. The molecule has 0 aromatic carbocycles. The molecule has 0 atom stereocenters. The number of carbonyl (C=O) groups excluding carboxylic acids is 1. The van der Waals surface area contributed by atoms with Gasteiger partial charge in [0.15, 0.2) is 0 Å². The fourth-order valence-corrected chi connectivity index (χ4v) is 0.939. The second-order valence-corrected chi connectivity index (χ2v) is 2.51. The molecule has 12 heavy (non-hydrogen) atoms. The van der Waals surface area contributed by atoms with Gasteiger partial charge in [-0.15, -0.1) is 5.73 Å². The average Bonchev–Trinajstić information content (AvgIpc) is 2.20. The van der Waals surface area contributed by atoms with Crippen molar-refractivity contribution in [3.05, 3.63) is 41.3 Å². The summed E-state index contributed by atoms with van der Waals surface area (Å²) in [4.78, 5) is 11.2. The molecule has 0 aliphatic carbocycles. The van der Waals surface area contributed by atoms with Crippen molar-refractivity contribution in [3.8, 4) is 0 Å². The van der Waals surface area contributed by atoms with Gasteiger partial charge >= 0.3 is 0 Å². The van der Waals surface area contributed by atoms with Crippen molar-refractivity contribution in [3.63, 3.8) is 0 Å². The van der Waals surface area contributed by atoms with Gasteiger partial charge in [0.05, 0.1) is 0 Å².